The van der Waals surface area contributed by atoms with Crippen LogP contribution in [0.3, 0.4) is 0 Å². The molecule has 0 nitrogen and oxygen atoms in total. The van der Waals surface area contributed by atoms with Crippen LogP contribution in [0.4, 0.5) is 13.2 Å². The van der Waals surface area contributed by atoms with Crippen LogP contribution in [0.1, 0.15) is 16.7 Å². The molecule has 150 valence electrons. The lowest BCUT2D eigenvalue weighted by Crippen LogP contribution is -1.95. The fraction of sp³-hybridized carbons (Fsp3) is 0.111. The largest absolute Gasteiger partial charge is 0.207 e. The van der Waals surface area contributed by atoms with Crippen LogP contribution < -0.4 is 0 Å². The van der Waals surface area contributed by atoms with E-state index in [1.54, 1.807) is 67.6 Å². The van der Waals surface area contributed by atoms with Crippen LogP contribution in [0.15, 0.2) is 84.9 Å². The second-order valence-corrected chi connectivity index (χ2v) is 7.44. The first-order valence-electron chi connectivity index (χ1n) is 9.90. The zero-order valence-electron chi connectivity index (χ0n) is 16.6. The Morgan fingerprint density at radius 3 is 1.70 bits per heavy atom. The zero-order valence-corrected chi connectivity index (χ0v) is 16.6. The Labute approximate surface area is 174 Å². The Kier molecular flexibility index (Phi) is 5.71. The molecule has 3 heteroatoms. The number of halogens is 3. The first-order valence-corrected chi connectivity index (χ1v) is 9.90. The van der Waals surface area contributed by atoms with E-state index >= 15 is 0 Å². The van der Waals surface area contributed by atoms with Gasteiger partial charge in [0.1, 0.15) is 5.82 Å². The van der Waals surface area contributed by atoms with Crippen molar-refractivity contribution in [3.8, 4) is 22.3 Å². The van der Waals surface area contributed by atoms with Crippen molar-refractivity contribution in [1.29, 1.82) is 0 Å². The molecule has 0 saturated carbocycles. The van der Waals surface area contributed by atoms with Crippen molar-refractivity contribution >= 4 is 0 Å². The molecule has 0 aliphatic carbocycles. The van der Waals surface area contributed by atoms with Gasteiger partial charge in [0.25, 0.3) is 0 Å². The minimum absolute atomic E-state index is 0.195. The van der Waals surface area contributed by atoms with Gasteiger partial charge in [0.05, 0.1) is 0 Å². The van der Waals surface area contributed by atoms with Gasteiger partial charge in [-0.2, -0.15) is 0 Å². The third-order valence-electron chi connectivity index (χ3n) is 5.37. The highest BCUT2D eigenvalue weighted by Crippen LogP contribution is 2.31. The van der Waals surface area contributed by atoms with Crippen molar-refractivity contribution in [3.63, 3.8) is 0 Å². The summed E-state index contributed by atoms with van der Waals surface area (Å²) in [6.07, 6.45) is 1.46. The maximum Gasteiger partial charge on any atom is 0.167 e. The Hall–Kier alpha value is -3.33. The SMILES string of the molecule is Cc1ccc(CCc2ccc(-c3ccc(-c4ccccc4)c(F)c3F)cc2)cc1F. The van der Waals surface area contributed by atoms with Gasteiger partial charge in [-0.15, -0.1) is 0 Å². The molecule has 4 aromatic rings. The highest BCUT2D eigenvalue weighted by atomic mass is 19.2. The van der Waals surface area contributed by atoms with E-state index in [0.717, 1.165) is 17.5 Å². The maximum atomic E-state index is 14.8. The van der Waals surface area contributed by atoms with Gasteiger partial charge in [0.15, 0.2) is 11.6 Å². The standard InChI is InChI=1S/C27H21F3/c1-18-7-8-20(17-25(18)28)10-9-19-11-13-22(14-12-19)24-16-15-23(26(29)27(24)30)21-5-3-2-4-6-21/h2-8,11-17H,9-10H2,1H3. The van der Waals surface area contributed by atoms with Gasteiger partial charge in [-0.25, -0.2) is 13.2 Å². The highest BCUT2D eigenvalue weighted by molar-refractivity contribution is 5.71. The quantitative estimate of drug-likeness (QED) is 0.324. The number of rotatable bonds is 5. The van der Waals surface area contributed by atoms with E-state index in [-0.39, 0.29) is 16.9 Å². The average molecular weight is 402 g/mol. The summed E-state index contributed by atoms with van der Waals surface area (Å²) in [5.74, 6) is -1.89. The van der Waals surface area contributed by atoms with Crippen LogP contribution >= 0.6 is 0 Å². The lowest BCUT2D eigenvalue weighted by Gasteiger charge is -2.10. The van der Waals surface area contributed by atoms with E-state index in [0.29, 0.717) is 23.1 Å². The van der Waals surface area contributed by atoms with Gasteiger partial charge < -0.3 is 0 Å². The third-order valence-corrected chi connectivity index (χ3v) is 5.37. The van der Waals surface area contributed by atoms with Crippen LogP contribution in [0.25, 0.3) is 22.3 Å². The van der Waals surface area contributed by atoms with Gasteiger partial charge in [0.2, 0.25) is 0 Å². The van der Waals surface area contributed by atoms with Crippen molar-refractivity contribution in [3.05, 3.63) is 119 Å². The predicted molar refractivity (Wildman–Crippen MR) is 116 cm³/mol. The summed E-state index contributed by atoms with van der Waals surface area (Å²) < 4.78 is 43.1. The fourth-order valence-corrected chi connectivity index (χ4v) is 3.54. The number of benzene rings is 4. The topological polar surface area (TPSA) is 0 Å². The van der Waals surface area contributed by atoms with E-state index in [1.807, 2.05) is 24.3 Å². The summed E-state index contributed by atoms with van der Waals surface area (Å²) >= 11 is 0. The fourth-order valence-electron chi connectivity index (χ4n) is 3.54. The molecule has 0 spiro atoms. The molecule has 4 rings (SSSR count). The molecule has 0 unspecified atom stereocenters. The predicted octanol–water partition coefficient (Wildman–Crippen LogP) is 7.53. The summed E-state index contributed by atoms with van der Waals surface area (Å²) in [6, 6.07) is 24.9. The minimum Gasteiger partial charge on any atom is -0.207 e. The van der Waals surface area contributed by atoms with E-state index < -0.39 is 11.6 Å². The number of hydrogen-bond acceptors (Lipinski definition) is 0. The summed E-state index contributed by atoms with van der Waals surface area (Å²) in [6.45, 7) is 1.74. The number of hydrogen-bond donors (Lipinski definition) is 0. The zero-order chi connectivity index (χ0) is 21.1. The van der Waals surface area contributed by atoms with Crippen molar-refractivity contribution in [2.45, 2.75) is 19.8 Å². The molecule has 0 atom stereocenters. The molecule has 0 bridgehead atoms. The van der Waals surface area contributed by atoms with Crippen LogP contribution in [0, 0.1) is 24.4 Å². The molecule has 0 heterocycles. The van der Waals surface area contributed by atoms with Gasteiger partial charge in [0, 0.05) is 11.1 Å². The number of aryl methyl sites for hydroxylation is 3. The van der Waals surface area contributed by atoms with Crippen LogP contribution in [-0.4, -0.2) is 0 Å². The van der Waals surface area contributed by atoms with Crippen LogP contribution in [0.2, 0.25) is 0 Å². The van der Waals surface area contributed by atoms with E-state index in [4.69, 9.17) is 0 Å². The lowest BCUT2D eigenvalue weighted by molar-refractivity contribution is 0.514. The third kappa shape index (κ3) is 4.16. The molecule has 0 aliphatic rings. The molecule has 0 N–H and O–H groups in total. The summed E-state index contributed by atoms with van der Waals surface area (Å²) in [5.41, 5.74) is 4.38. The van der Waals surface area contributed by atoms with Gasteiger partial charge >= 0.3 is 0 Å². The Morgan fingerprint density at radius 1 is 0.567 bits per heavy atom. The molecular formula is C27H21F3. The molecule has 0 fully saturated rings. The maximum absolute atomic E-state index is 14.8. The van der Waals surface area contributed by atoms with Crippen molar-refractivity contribution in [2.75, 3.05) is 0 Å². The highest BCUT2D eigenvalue weighted by Gasteiger charge is 2.15. The average Bonchev–Trinajstić information content (AvgIpc) is 2.77. The van der Waals surface area contributed by atoms with E-state index in [9.17, 15) is 13.2 Å². The van der Waals surface area contributed by atoms with Crippen LogP contribution in [-0.2, 0) is 12.8 Å². The minimum atomic E-state index is -0.848. The summed E-state index contributed by atoms with van der Waals surface area (Å²) in [5, 5.41) is 0. The Bertz CT molecular complexity index is 1160. The Morgan fingerprint density at radius 2 is 1.10 bits per heavy atom. The molecule has 0 aliphatic heterocycles. The second kappa shape index (κ2) is 8.58. The monoisotopic (exact) mass is 402 g/mol. The first kappa shape index (κ1) is 20.0. The molecule has 0 amide bonds. The van der Waals surface area contributed by atoms with Crippen LogP contribution in [0.5, 0.6) is 0 Å². The van der Waals surface area contributed by atoms with Crippen molar-refractivity contribution in [1.82, 2.24) is 0 Å². The van der Waals surface area contributed by atoms with Gasteiger partial charge in [-0.05, 0) is 53.6 Å². The van der Waals surface area contributed by atoms with Crippen molar-refractivity contribution in [2.24, 2.45) is 0 Å². The smallest absolute Gasteiger partial charge is 0.167 e. The molecule has 0 saturated heterocycles. The normalized spacial score (nSPS) is 10.9. The first-order chi connectivity index (χ1) is 14.5. The van der Waals surface area contributed by atoms with Gasteiger partial charge in [-0.3, -0.25) is 0 Å². The summed E-state index contributed by atoms with van der Waals surface area (Å²) in [7, 11) is 0. The van der Waals surface area contributed by atoms with Gasteiger partial charge in [-0.1, -0.05) is 78.9 Å². The van der Waals surface area contributed by atoms with Crippen molar-refractivity contribution < 1.29 is 13.2 Å². The molecular weight excluding hydrogens is 381 g/mol. The molecule has 0 radical (unpaired) electrons. The Balaban J connectivity index is 1.52. The van der Waals surface area contributed by atoms with E-state index in [1.165, 1.54) is 0 Å². The molecule has 4 aromatic carbocycles. The molecule has 0 aromatic heterocycles. The second-order valence-electron chi connectivity index (χ2n) is 7.44. The molecule has 30 heavy (non-hydrogen) atoms. The van der Waals surface area contributed by atoms with E-state index in [2.05, 4.69) is 0 Å². The summed E-state index contributed by atoms with van der Waals surface area (Å²) in [4.78, 5) is 0. The lowest BCUT2D eigenvalue weighted by atomic mass is 9.97.